The van der Waals surface area contributed by atoms with Crippen LogP contribution in [0.2, 0.25) is 0 Å². The largest absolute Gasteiger partial charge is 0.493 e. The van der Waals surface area contributed by atoms with Crippen LogP contribution in [-0.4, -0.2) is 90.8 Å². The van der Waals surface area contributed by atoms with Crippen molar-refractivity contribution in [2.24, 2.45) is 0 Å². The molecule has 0 unspecified atom stereocenters. The summed E-state index contributed by atoms with van der Waals surface area (Å²) in [5.41, 5.74) is 1.42. The first kappa shape index (κ1) is 34.6. The number of likely N-dealkylation sites (N-methyl/N-ethyl adjacent to an activating group) is 1. The van der Waals surface area contributed by atoms with Crippen molar-refractivity contribution in [3.05, 3.63) is 95.6 Å². The summed E-state index contributed by atoms with van der Waals surface area (Å²) in [7, 11) is 5.45. The van der Waals surface area contributed by atoms with Gasteiger partial charge >= 0.3 is 23.9 Å². The Morgan fingerprint density at radius 2 is 1.28 bits per heavy atom. The number of rotatable bonds is 10. The number of aliphatic carboxylic acids is 2. The SMILES string of the molecule is COc1ccc([C@@]23CCC(=O)C[C@@H]2N(C)CC3)cc1OC.O=C(O[C@H](C(=O)O)[C@H](OC(=O)c1ccccc1)C(=O)O)c1ccccc1. The lowest BCUT2D eigenvalue weighted by molar-refractivity contribution is -0.166. The van der Waals surface area contributed by atoms with Gasteiger partial charge in [0, 0.05) is 24.3 Å². The molecule has 0 aromatic heterocycles. The van der Waals surface area contributed by atoms with Crippen LogP contribution < -0.4 is 9.47 Å². The first-order chi connectivity index (χ1) is 22.5. The maximum atomic E-state index is 12.0. The van der Waals surface area contributed by atoms with Gasteiger partial charge in [0.05, 0.1) is 25.3 Å². The second kappa shape index (κ2) is 15.4. The summed E-state index contributed by atoms with van der Waals surface area (Å²) in [6.45, 7) is 1.05. The molecule has 12 nitrogen and oxygen atoms in total. The summed E-state index contributed by atoms with van der Waals surface area (Å²) >= 11 is 0. The molecule has 0 bridgehead atoms. The number of esters is 2. The second-order valence-electron chi connectivity index (χ2n) is 11.3. The van der Waals surface area contributed by atoms with Gasteiger partial charge in [0.2, 0.25) is 12.2 Å². The molecule has 0 spiro atoms. The van der Waals surface area contributed by atoms with Gasteiger partial charge in [-0.15, -0.1) is 0 Å². The van der Waals surface area contributed by atoms with Crippen LogP contribution in [0.3, 0.4) is 0 Å². The number of fused-ring (bicyclic) bond motifs is 1. The third-order valence-electron chi connectivity index (χ3n) is 8.56. The molecule has 47 heavy (non-hydrogen) atoms. The van der Waals surface area contributed by atoms with Crippen LogP contribution in [0.25, 0.3) is 0 Å². The summed E-state index contributed by atoms with van der Waals surface area (Å²) < 4.78 is 20.3. The fourth-order valence-corrected chi connectivity index (χ4v) is 6.07. The number of likely N-dealkylation sites (tertiary alicyclic amines) is 1. The number of ketones is 1. The number of carbonyl (C=O) groups excluding carboxylic acids is 3. The Morgan fingerprint density at radius 1 is 0.766 bits per heavy atom. The van der Waals surface area contributed by atoms with Crippen molar-refractivity contribution in [3.63, 3.8) is 0 Å². The van der Waals surface area contributed by atoms with Crippen molar-refractivity contribution < 1.29 is 53.1 Å². The van der Waals surface area contributed by atoms with Crippen LogP contribution in [0.1, 0.15) is 52.0 Å². The van der Waals surface area contributed by atoms with Gasteiger partial charge in [-0.1, -0.05) is 42.5 Å². The maximum absolute atomic E-state index is 12.0. The first-order valence-electron chi connectivity index (χ1n) is 14.9. The van der Waals surface area contributed by atoms with Gasteiger partial charge in [-0.25, -0.2) is 19.2 Å². The van der Waals surface area contributed by atoms with Gasteiger partial charge < -0.3 is 34.1 Å². The summed E-state index contributed by atoms with van der Waals surface area (Å²) in [6.07, 6.45) is -1.02. The summed E-state index contributed by atoms with van der Waals surface area (Å²) in [5.74, 6) is -3.71. The van der Waals surface area contributed by atoms with Gasteiger partial charge in [-0.2, -0.15) is 0 Å². The molecule has 5 rings (SSSR count). The van der Waals surface area contributed by atoms with Crippen LogP contribution in [0, 0.1) is 0 Å². The zero-order valence-corrected chi connectivity index (χ0v) is 26.3. The van der Waals surface area contributed by atoms with E-state index in [0.717, 1.165) is 30.9 Å². The number of methoxy groups -OCH3 is 2. The number of ether oxygens (including phenoxy) is 4. The molecule has 3 aromatic rings. The molecule has 3 aromatic carbocycles. The van der Waals surface area contributed by atoms with Gasteiger partial charge in [0.15, 0.2) is 11.5 Å². The highest BCUT2D eigenvalue weighted by molar-refractivity contribution is 5.95. The smallest absolute Gasteiger partial charge is 0.349 e. The molecule has 1 aliphatic heterocycles. The third-order valence-corrected chi connectivity index (χ3v) is 8.56. The lowest BCUT2D eigenvalue weighted by Gasteiger charge is -2.41. The van der Waals surface area contributed by atoms with Crippen LogP contribution in [-0.2, 0) is 29.3 Å². The minimum absolute atomic E-state index is 0.0253. The fraction of sp³-hybridized carbons (Fsp3) is 0.343. The number of hydrogen-bond acceptors (Lipinski definition) is 10. The van der Waals surface area contributed by atoms with E-state index in [2.05, 4.69) is 24.1 Å². The van der Waals surface area contributed by atoms with Crippen LogP contribution >= 0.6 is 0 Å². The van der Waals surface area contributed by atoms with E-state index in [1.165, 1.54) is 54.1 Å². The molecule has 12 heteroatoms. The van der Waals surface area contributed by atoms with E-state index in [0.29, 0.717) is 24.7 Å². The molecular formula is C35H37NO11. The molecule has 248 valence electrons. The van der Waals surface area contributed by atoms with Crippen molar-refractivity contribution in [2.45, 2.75) is 49.3 Å². The molecular weight excluding hydrogens is 610 g/mol. The topological polar surface area (TPSA) is 166 Å². The number of nitrogens with zero attached hydrogens (tertiary/aromatic N) is 1. The highest BCUT2D eigenvalue weighted by Gasteiger charge is 2.50. The van der Waals surface area contributed by atoms with E-state index in [9.17, 15) is 34.2 Å². The van der Waals surface area contributed by atoms with E-state index in [-0.39, 0.29) is 16.5 Å². The van der Waals surface area contributed by atoms with Crippen molar-refractivity contribution >= 4 is 29.7 Å². The predicted molar refractivity (Wildman–Crippen MR) is 168 cm³/mol. The average molecular weight is 648 g/mol. The van der Waals surface area contributed by atoms with E-state index in [4.69, 9.17) is 18.9 Å². The second-order valence-corrected chi connectivity index (χ2v) is 11.3. The summed E-state index contributed by atoms with van der Waals surface area (Å²) in [5, 5.41) is 18.5. The Morgan fingerprint density at radius 3 is 1.74 bits per heavy atom. The van der Waals surface area contributed by atoms with Crippen molar-refractivity contribution in [2.75, 3.05) is 27.8 Å². The van der Waals surface area contributed by atoms with Crippen LogP contribution in [0.5, 0.6) is 11.5 Å². The minimum Gasteiger partial charge on any atom is -0.493 e. The van der Waals surface area contributed by atoms with Crippen molar-refractivity contribution in [1.29, 1.82) is 0 Å². The summed E-state index contributed by atoms with van der Waals surface area (Å²) in [4.78, 5) is 61.1. The van der Waals surface area contributed by atoms with Gasteiger partial charge in [0.25, 0.3) is 0 Å². The zero-order chi connectivity index (χ0) is 34.1. The Labute approximate surface area is 271 Å². The highest BCUT2D eigenvalue weighted by Crippen LogP contribution is 2.49. The molecule has 4 atom stereocenters. The molecule has 1 saturated heterocycles. The van der Waals surface area contributed by atoms with Gasteiger partial charge in [-0.3, -0.25) is 4.79 Å². The molecule has 2 fully saturated rings. The van der Waals surface area contributed by atoms with Crippen LogP contribution in [0.4, 0.5) is 0 Å². The van der Waals surface area contributed by atoms with Crippen LogP contribution in [0.15, 0.2) is 78.9 Å². The third kappa shape index (κ3) is 7.95. The maximum Gasteiger partial charge on any atom is 0.349 e. The number of carbonyl (C=O) groups is 5. The van der Waals surface area contributed by atoms with E-state index in [1.54, 1.807) is 26.4 Å². The number of hydrogen-bond donors (Lipinski definition) is 2. The molecule has 1 aliphatic carbocycles. The lowest BCUT2D eigenvalue weighted by Crippen LogP contribution is -2.46. The molecule has 1 saturated carbocycles. The van der Waals surface area contributed by atoms with Crippen molar-refractivity contribution in [1.82, 2.24) is 4.90 Å². The van der Waals surface area contributed by atoms with Gasteiger partial charge in [-0.05, 0) is 68.4 Å². The molecule has 1 heterocycles. The minimum atomic E-state index is -2.21. The Bertz CT molecular complexity index is 1520. The number of carboxylic acid groups (broad SMARTS) is 2. The fourth-order valence-electron chi connectivity index (χ4n) is 6.07. The standard InChI is InChI=1S/C18H14O8.C17H23NO3/c19-15(20)13(25-17(23)11-7-3-1-4-8-11)14(16(21)22)26-18(24)12-9-5-2-6-10-12;1-18-9-8-17(7-6-13(19)11-16(17)18)12-4-5-14(20-2)15(10-12)21-3/h1-10,13-14H,(H,19,20)(H,21,22);4-5,10,16H,6-9,11H2,1-3H3/t13-,14-;16-,17-/m00/s1. The van der Waals surface area contributed by atoms with Gasteiger partial charge in [0.1, 0.15) is 5.78 Å². The Kier molecular flexibility index (Phi) is 11.3. The number of benzene rings is 3. The first-order valence-corrected chi connectivity index (χ1v) is 14.9. The average Bonchev–Trinajstić information content (AvgIpc) is 3.42. The van der Waals surface area contributed by atoms with E-state index in [1.807, 2.05) is 6.07 Å². The summed E-state index contributed by atoms with van der Waals surface area (Å²) in [6, 6.07) is 21.4. The lowest BCUT2D eigenvalue weighted by atomic mass is 9.66. The molecule has 0 radical (unpaired) electrons. The normalized spacial score (nSPS) is 20.0. The zero-order valence-electron chi connectivity index (χ0n) is 26.3. The Hall–Kier alpha value is -5.23. The molecule has 0 amide bonds. The monoisotopic (exact) mass is 647 g/mol. The molecule has 2 aliphatic rings. The molecule has 2 N–H and O–H groups in total. The van der Waals surface area contributed by atoms with Crippen molar-refractivity contribution in [3.8, 4) is 11.5 Å². The number of Topliss-reactive ketones (excluding diaryl/α,β-unsaturated/α-hetero) is 1. The predicted octanol–water partition coefficient (Wildman–Crippen LogP) is 4.01. The van der Waals surface area contributed by atoms with E-state index >= 15 is 0 Å². The van der Waals surface area contributed by atoms with E-state index < -0.39 is 36.1 Å². The number of carboxylic acids is 2. The quantitative estimate of drug-likeness (QED) is 0.304. The Balaban J connectivity index is 0.000000217. The highest BCUT2D eigenvalue weighted by atomic mass is 16.6.